The van der Waals surface area contributed by atoms with Crippen molar-refractivity contribution in [3.05, 3.63) is 53.7 Å². The Hall–Kier alpha value is -2.52. The van der Waals surface area contributed by atoms with E-state index >= 15 is 0 Å². The van der Waals surface area contributed by atoms with Gasteiger partial charge in [-0.15, -0.1) is 11.3 Å². The van der Waals surface area contributed by atoms with Crippen molar-refractivity contribution < 1.29 is 17.7 Å². The van der Waals surface area contributed by atoms with Crippen LogP contribution in [0.5, 0.6) is 0 Å². The summed E-state index contributed by atoms with van der Waals surface area (Å²) in [5.74, 6) is -0.652. The lowest BCUT2D eigenvalue weighted by atomic mass is 10.2. The molecule has 27 heavy (non-hydrogen) atoms. The third kappa shape index (κ3) is 4.25. The van der Waals surface area contributed by atoms with E-state index in [9.17, 15) is 13.2 Å². The van der Waals surface area contributed by atoms with Crippen LogP contribution in [-0.2, 0) is 20.4 Å². The van der Waals surface area contributed by atoms with Crippen molar-refractivity contribution in [3.8, 4) is 10.7 Å². The molecule has 2 aromatic heterocycles. The average molecular weight is 406 g/mol. The Bertz CT molecular complexity index is 998. The van der Waals surface area contributed by atoms with Gasteiger partial charge in [-0.25, -0.2) is 8.42 Å². The maximum absolute atomic E-state index is 12.8. The molecule has 3 rings (SSSR count). The summed E-state index contributed by atoms with van der Waals surface area (Å²) in [5.41, 5.74) is 0.657. The topological polar surface area (TPSA) is 93.4 Å². The standard InChI is InChI=1S/C18H19N3O4S2/c1-3-21(14-8-5-4-6-9-14)18(22)13(2)27(23,24)12-16-19-17(20-25-16)15-10-7-11-26-15/h4-11,13H,3,12H2,1-2H3. The normalized spacial score (nSPS) is 12.7. The van der Waals surface area contributed by atoms with Crippen molar-refractivity contribution in [2.75, 3.05) is 11.4 Å². The molecule has 9 heteroatoms. The van der Waals surface area contributed by atoms with Gasteiger partial charge in [0.15, 0.2) is 9.84 Å². The van der Waals surface area contributed by atoms with Crippen LogP contribution in [0.25, 0.3) is 10.7 Å². The van der Waals surface area contributed by atoms with Crippen molar-refractivity contribution in [1.82, 2.24) is 10.1 Å². The first-order chi connectivity index (χ1) is 12.9. The maximum atomic E-state index is 12.8. The molecule has 0 N–H and O–H groups in total. The van der Waals surface area contributed by atoms with E-state index in [-0.39, 0.29) is 5.89 Å². The molecule has 0 aliphatic heterocycles. The minimum absolute atomic E-state index is 0.0270. The second kappa shape index (κ2) is 8.01. The second-order valence-electron chi connectivity index (χ2n) is 5.86. The Morgan fingerprint density at radius 3 is 2.59 bits per heavy atom. The number of carbonyl (C=O) groups is 1. The molecule has 1 atom stereocenters. The van der Waals surface area contributed by atoms with Gasteiger partial charge in [0.1, 0.15) is 11.0 Å². The van der Waals surface area contributed by atoms with Crippen LogP contribution in [0.2, 0.25) is 0 Å². The number of benzene rings is 1. The second-order valence-corrected chi connectivity index (χ2v) is 9.13. The zero-order valence-corrected chi connectivity index (χ0v) is 16.5. The Morgan fingerprint density at radius 1 is 1.22 bits per heavy atom. The van der Waals surface area contributed by atoms with E-state index < -0.39 is 26.7 Å². The van der Waals surface area contributed by atoms with Gasteiger partial charge in [-0.3, -0.25) is 4.79 Å². The van der Waals surface area contributed by atoms with Crippen LogP contribution in [0.3, 0.4) is 0 Å². The summed E-state index contributed by atoms with van der Waals surface area (Å²) in [5, 5.41) is 4.45. The number of amides is 1. The van der Waals surface area contributed by atoms with E-state index in [1.165, 1.54) is 23.2 Å². The van der Waals surface area contributed by atoms with Crippen molar-refractivity contribution in [3.63, 3.8) is 0 Å². The summed E-state index contributed by atoms with van der Waals surface area (Å²) in [4.78, 5) is 19.2. The highest BCUT2D eigenvalue weighted by Gasteiger charge is 2.33. The molecule has 0 radical (unpaired) electrons. The third-order valence-corrected chi connectivity index (χ3v) is 6.86. The average Bonchev–Trinajstić information content (AvgIpc) is 3.33. The Morgan fingerprint density at radius 2 is 1.96 bits per heavy atom. The molecule has 0 saturated carbocycles. The van der Waals surface area contributed by atoms with E-state index in [2.05, 4.69) is 10.1 Å². The predicted molar refractivity (Wildman–Crippen MR) is 104 cm³/mol. The van der Waals surface area contributed by atoms with E-state index in [4.69, 9.17) is 4.52 Å². The zero-order valence-electron chi connectivity index (χ0n) is 14.9. The van der Waals surface area contributed by atoms with Crippen LogP contribution >= 0.6 is 11.3 Å². The predicted octanol–water partition coefficient (Wildman–Crippen LogP) is 3.15. The van der Waals surface area contributed by atoms with E-state index in [1.807, 2.05) is 23.6 Å². The van der Waals surface area contributed by atoms with Gasteiger partial charge in [-0.2, -0.15) is 4.98 Å². The Labute approximate surface area is 161 Å². The molecule has 1 unspecified atom stereocenters. The number of anilines is 1. The van der Waals surface area contributed by atoms with Crippen molar-refractivity contribution in [2.45, 2.75) is 24.9 Å². The fourth-order valence-electron chi connectivity index (χ4n) is 2.56. The summed E-state index contributed by atoms with van der Waals surface area (Å²) in [6.07, 6.45) is 0. The minimum atomic E-state index is -3.82. The summed E-state index contributed by atoms with van der Waals surface area (Å²) >= 11 is 1.43. The number of hydrogen-bond donors (Lipinski definition) is 0. The molecule has 7 nitrogen and oxygen atoms in total. The molecule has 3 aromatic rings. The van der Waals surface area contributed by atoms with Gasteiger partial charge >= 0.3 is 0 Å². The minimum Gasteiger partial charge on any atom is -0.338 e. The largest absolute Gasteiger partial charge is 0.338 e. The molecular formula is C18H19N3O4S2. The summed E-state index contributed by atoms with van der Waals surface area (Å²) in [6.45, 7) is 3.56. The zero-order chi connectivity index (χ0) is 19.4. The fourth-order valence-corrected chi connectivity index (χ4v) is 4.36. The van der Waals surface area contributed by atoms with Crippen LogP contribution in [0, 0.1) is 0 Å². The molecule has 1 aromatic carbocycles. The Balaban J connectivity index is 1.76. The van der Waals surface area contributed by atoms with Crippen LogP contribution in [0.1, 0.15) is 19.7 Å². The molecule has 142 valence electrons. The SMILES string of the molecule is CCN(C(=O)C(C)S(=O)(=O)Cc1nc(-c2cccs2)no1)c1ccccc1. The smallest absolute Gasteiger partial charge is 0.245 e. The van der Waals surface area contributed by atoms with Gasteiger partial charge in [0.2, 0.25) is 17.6 Å². The molecule has 0 aliphatic carbocycles. The third-order valence-electron chi connectivity index (χ3n) is 4.07. The van der Waals surface area contributed by atoms with E-state index in [0.717, 1.165) is 4.88 Å². The lowest BCUT2D eigenvalue weighted by Crippen LogP contribution is -2.42. The number of hydrogen-bond acceptors (Lipinski definition) is 7. The lowest BCUT2D eigenvalue weighted by molar-refractivity contribution is -0.117. The first kappa shape index (κ1) is 19.2. The van der Waals surface area contributed by atoms with Gasteiger partial charge in [0.05, 0.1) is 4.88 Å². The van der Waals surface area contributed by atoms with Crippen molar-refractivity contribution in [1.29, 1.82) is 0 Å². The maximum Gasteiger partial charge on any atom is 0.245 e. The summed E-state index contributed by atoms with van der Waals surface area (Å²) in [6, 6.07) is 12.6. The number of aromatic nitrogens is 2. The van der Waals surface area contributed by atoms with Crippen LogP contribution in [-0.4, -0.2) is 36.3 Å². The lowest BCUT2D eigenvalue weighted by Gasteiger charge is -2.24. The number of sulfone groups is 1. The number of carbonyl (C=O) groups excluding carboxylic acids is 1. The summed E-state index contributed by atoms with van der Waals surface area (Å²) in [7, 11) is -3.82. The molecule has 0 aliphatic rings. The Kier molecular flexibility index (Phi) is 5.71. The molecule has 2 heterocycles. The first-order valence-corrected chi connectivity index (χ1v) is 11.0. The van der Waals surface area contributed by atoms with Gasteiger partial charge < -0.3 is 9.42 Å². The molecule has 1 amide bonds. The first-order valence-electron chi connectivity index (χ1n) is 8.37. The van der Waals surface area contributed by atoms with Crippen LogP contribution in [0.15, 0.2) is 52.4 Å². The highest BCUT2D eigenvalue weighted by atomic mass is 32.2. The van der Waals surface area contributed by atoms with Gasteiger partial charge in [-0.1, -0.05) is 29.4 Å². The molecule has 0 bridgehead atoms. The quantitative estimate of drug-likeness (QED) is 0.599. The highest BCUT2D eigenvalue weighted by Crippen LogP contribution is 2.23. The van der Waals surface area contributed by atoms with Gasteiger partial charge in [0, 0.05) is 12.2 Å². The fraction of sp³-hybridized carbons (Fsp3) is 0.278. The molecule has 0 spiro atoms. The van der Waals surface area contributed by atoms with Crippen LogP contribution < -0.4 is 4.90 Å². The van der Waals surface area contributed by atoms with Gasteiger partial charge in [-0.05, 0) is 37.4 Å². The molecular weight excluding hydrogens is 386 g/mol. The number of thiophene rings is 1. The van der Waals surface area contributed by atoms with Crippen molar-refractivity contribution >= 4 is 32.8 Å². The highest BCUT2D eigenvalue weighted by molar-refractivity contribution is 7.92. The van der Waals surface area contributed by atoms with Crippen LogP contribution in [0.4, 0.5) is 5.69 Å². The number of rotatable bonds is 7. The summed E-state index contributed by atoms with van der Waals surface area (Å²) < 4.78 is 30.5. The number of para-hydroxylation sites is 1. The van der Waals surface area contributed by atoms with E-state index in [0.29, 0.717) is 18.1 Å². The number of nitrogens with zero attached hydrogens (tertiary/aromatic N) is 3. The van der Waals surface area contributed by atoms with Gasteiger partial charge in [0.25, 0.3) is 0 Å². The monoisotopic (exact) mass is 405 g/mol. The van der Waals surface area contributed by atoms with E-state index in [1.54, 1.807) is 31.2 Å². The molecule has 0 saturated heterocycles. The molecule has 0 fully saturated rings. The van der Waals surface area contributed by atoms with Crippen molar-refractivity contribution in [2.24, 2.45) is 0 Å².